The molecule has 0 bridgehead atoms. The molecule has 0 unspecified atom stereocenters. The molecule has 1 aliphatic rings. The lowest BCUT2D eigenvalue weighted by Gasteiger charge is -2.40. The number of nitrogens with one attached hydrogen (secondary N) is 1. The molecule has 1 fully saturated rings. The Bertz CT molecular complexity index is 748. The fraction of sp³-hybridized carbons (Fsp3) is 0.500. The van der Waals surface area contributed by atoms with E-state index in [4.69, 9.17) is 9.15 Å². The zero-order valence-electron chi connectivity index (χ0n) is 14.3. The summed E-state index contributed by atoms with van der Waals surface area (Å²) in [5.41, 5.74) is 1.48. The SMILES string of the molecule is Cc1c(C(=O)NCC(C)(C)N2CCOCC2)oc2ccc(Br)cc12. The summed E-state index contributed by atoms with van der Waals surface area (Å²) in [5.74, 6) is 0.224. The van der Waals surface area contributed by atoms with Crippen LogP contribution >= 0.6 is 15.9 Å². The van der Waals surface area contributed by atoms with Crippen LogP contribution in [0.15, 0.2) is 27.1 Å². The van der Waals surface area contributed by atoms with Crippen LogP contribution < -0.4 is 5.32 Å². The number of hydrogen-bond acceptors (Lipinski definition) is 4. The second-order valence-corrected chi connectivity index (χ2v) is 7.71. The standard InChI is InChI=1S/C18H23BrN2O3/c1-12-14-10-13(19)4-5-15(14)24-16(12)17(22)20-11-18(2,3)21-6-8-23-9-7-21/h4-5,10H,6-9,11H2,1-3H3,(H,20,22). The topological polar surface area (TPSA) is 54.7 Å². The van der Waals surface area contributed by atoms with Crippen LogP contribution in [0.25, 0.3) is 11.0 Å². The number of ether oxygens (including phenoxy) is 1. The Kier molecular flexibility index (Phi) is 4.99. The molecule has 5 nitrogen and oxygen atoms in total. The normalized spacial score (nSPS) is 16.5. The molecule has 0 spiro atoms. The first-order chi connectivity index (χ1) is 11.4. The lowest BCUT2D eigenvalue weighted by atomic mass is 10.0. The van der Waals surface area contributed by atoms with Gasteiger partial charge in [0.15, 0.2) is 5.76 Å². The van der Waals surface area contributed by atoms with Crippen LogP contribution in [0.2, 0.25) is 0 Å². The smallest absolute Gasteiger partial charge is 0.287 e. The fourth-order valence-electron chi connectivity index (χ4n) is 3.07. The first-order valence-corrected chi connectivity index (χ1v) is 8.97. The van der Waals surface area contributed by atoms with Crippen molar-refractivity contribution in [3.8, 4) is 0 Å². The summed E-state index contributed by atoms with van der Waals surface area (Å²) >= 11 is 3.46. The van der Waals surface area contributed by atoms with E-state index < -0.39 is 0 Å². The molecule has 0 radical (unpaired) electrons. The van der Waals surface area contributed by atoms with E-state index in [9.17, 15) is 4.79 Å². The average Bonchev–Trinajstić information content (AvgIpc) is 2.90. The second kappa shape index (κ2) is 6.86. The maximum atomic E-state index is 12.6. The highest BCUT2D eigenvalue weighted by Crippen LogP contribution is 2.28. The number of amides is 1. The average molecular weight is 395 g/mol. The van der Waals surface area contributed by atoms with Crippen molar-refractivity contribution in [3.63, 3.8) is 0 Å². The molecule has 1 amide bonds. The van der Waals surface area contributed by atoms with Crippen molar-refractivity contribution in [2.24, 2.45) is 0 Å². The van der Waals surface area contributed by atoms with Crippen molar-refractivity contribution in [3.05, 3.63) is 34.0 Å². The Hall–Kier alpha value is -1.37. The first-order valence-electron chi connectivity index (χ1n) is 8.18. The largest absolute Gasteiger partial charge is 0.451 e. The van der Waals surface area contributed by atoms with Crippen molar-refractivity contribution in [1.29, 1.82) is 0 Å². The number of rotatable bonds is 4. The van der Waals surface area contributed by atoms with Crippen LogP contribution in [0, 0.1) is 6.92 Å². The van der Waals surface area contributed by atoms with Gasteiger partial charge in [0.05, 0.1) is 13.2 Å². The highest BCUT2D eigenvalue weighted by Gasteiger charge is 2.29. The third kappa shape index (κ3) is 3.50. The van der Waals surface area contributed by atoms with Gasteiger partial charge in [0.1, 0.15) is 5.58 Å². The summed E-state index contributed by atoms with van der Waals surface area (Å²) in [5, 5.41) is 3.99. The van der Waals surface area contributed by atoms with Gasteiger partial charge in [-0.2, -0.15) is 0 Å². The number of carbonyl (C=O) groups is 1. The van der Waals surface area contributed by atoms with Crippen molar-refractivity contribution < 1.29 is 13.9 Å². The maximum Gasteiger partial charge on any atom is 0.287 e. The number of fused-ring (bicyclic) bond motifs is 1. The molecule has 0 aliphatic carbocycles. The van der Waals surface area contributed by atoms with Gasteiger partial charge in [0, 0.05) is 40.6 Å². The van der Waals surface area contributed by atoms with Crippen LogP contribution in [0.5, 0.6) is 0 Å². The van der Waals surface area contributed by atoms with E-state index in [-0.39, 0.29) is 11.4 Å². The van der Waals surface area contributed by atoms with Crippen LogP contribution in [-0.2, 0) is 4.74 Å². The molecule has 1 saturated heterocycles. The molecular weight excluding hydrogens is 372 g/mol. The number of aryl methyl sites for hydroxylation is 1. The second-order valence-electron chi connectivity index (χ2n) is 6.79. The van der Waals surface area contributed by atoms with Crippen molar-refractivity contribution in [1.82, 2.24) is 10.2 Å². The van der Waals surface area contributed by atoms with Crippen LogP contribution in [-0.4, -0.2) is 49.2 Å². The molecule has 0 atom stereocenters. The molecule has 130 valence electrons. The van der Waals surface area contributed by atoms with Gasteiger partial charge in [-0.05, 0) is 39.0 Å². The van der Waals surface area contributed by atoms with Gasteiger partial charge in [-0.25, -0.2) is 0 Å². The minimum absolute atomic E-state index is 0.123. The minimum atomic E-state index is -0.166. The zero-order valence-corrected chi connectivity index (χ0v) is 15.9. The van der Waals surface area contributed by atoms with E-state index in [1.165, 1.54) is 0 Å². The quantitative estimate of drug-likeness (QED) is 0.863. The lowest BCUT2D eigenvalue weighted by molar-refractivity contribution is -0.00929. The Morgan fingerprint density at radius 2 is 2.04 bits per heavy atom. The zero-order chi connectivity index (χ0) is 17.3. The number of hydrogen-bond donors (Lipinski definition) is 1. The van der Waals surface area contributed by atoms with Gasteiger partial charge in [-0.3, -0.25) is 9.69 Å². The molecule has 1 aromatic carbocycles. The summed E-state index contributed by atoms with van der Waals surface area (Å²) in [7, 11) is 0. The van der Waals surface area contributed by atoms with Crippen LogP contribution in [0.1, 0.15) is 30.0 Å². The number of carbonyl (C=O) groups excluding carboxylic acids is 1. The highest BCUT2D eigenvalue weighted by atomic mass is 79.9. The van der Waals surface area contributed by atoms with Gasteiger partial charge in [0.25, 0.3) is 5.91 Å². The van der Waals surface area contributed by atoms with Gasteiger partial charge in [0.2, 0.25) is 0 Å². The number of morpholine rings is 1. The van der Waals surface area contributed by atoms with E-state index >= 15 is 0 Å². The third-order valence-corrected chi connectivity index (χ3v) is 5.15. The lowest BCUT2D eigenvalue weighted by Crippen LogP contribution is -2.55. The maximum absolute atomic E-state index is 12.6. The number of furan rings is 1. The summed E-state index contributed by atoms with van der Waals surface area (Å²) in [6, 6.07) is 5.76. The predicted molar refractivity (Wildman–Crippen MR) is 97.5 cm³/mol. The van der Waals surface area contributed by atoms with Crippen molar-refractivity contribution in [2.45, 2.75) is 26.3 Å². The molecular formula is C18H23BrN2O3. The molecule has 1 N–H and O–H groups in total. The van der Waals surface area contributed by atoms with E-state index in [2.05, 4.69) is 40.0 Å². The van der Waals surface area contributed by atoms with Crippen LogP contribution in [0.3, 0.4) is 0 Å². The van der Waals surface area contributed by atoms with Gasteiger partial charge >= 0.3 is 0 Å². The molecule has 2 heterocycles. The predicted octanol–water partition coefficient (Wildman–Crippen LogP) is 3.34. The molecule has 0 saturated carbocycles. The van der Waals surface area contributed by atoms with Gasteiger partial charge < -0.3 is 14.5 Å². The van der Waals surface area contributed by atoms with E-state index in [0.29, 0.717) is 12.3 Å². The summed E-state index contributed by atoms with van der Waals surface area (Å²) < 4.78 is 12.1. The number of nitrogens with zero attached hydrogens (tertiary/aromatic N) is 1. The summed E-state index contributed by atoms with van der Waals surface area (Å²) in [6.45, 7) is 10.0. The van der Waals surface area contributed by atoms with Crippen molar-refractivity contribution >= 4 is 32.8 Å². The van der Waals surface area contributed by atoms with Crippen molar-refractivity contribution in [2.75, 3.05) is 32.8 Å². The van der Waals surface area contributed by atoms with Gasteiger partial charge in [-0.1, -0.05) is 15.9 Å². The highest BCUT2D eigenvalue weighted by molar-refractivity contribution is 9.10. The minimum Gasteiger partial charge on any atom is -0.451 e. The summed E-state index contributed by atoms with van der Waals surface area (Å²) in [6.07, 6.45) is 0. The number of halogens is 1. The van der Waals surface area contributed by atoms with E-state index in [0.717, 1.165) is 47.3 Å². The Morgan fingerprint density at radius 1 is 1.33 bits per heavy atom. The molecule has 1 aliphatic heterocycles. The molecule has 24 heavy (non-hydrogen) atoms. The Balaban J connectivity index is 1.72. The molecule has 6 heteroatoms. The molecule has 1 aromatic heterocycles. The Labute approximate surface area is 150 Å². The molecule has 2 aromatic rings. The summed E-state index contributed by atoms with van der Waals surface area (Å²) in [4.78, 5) is 14.9. The number of benzene rings is 1. The fourth-order valence-corrected chi connectivity index (χ4v) is 3.43. The molecule has 3 rings (SSSR count). The monoisotopic (exact) mass is 394 g/mol. The first kappa shape index (κ1) is 17.5. The third-order valence-electron chi connectivity index (χ3n) is 4.65. The van der Waals surface area contributed by atoms with Crippen LogP contribution in [0.4, 0.5) is 0 Å². The Morgan fingerprint density at radius 3 is 2.75 bits per heavy atom. The van der Waals surface area contributed by atoms with Gasteiger partial charge in [-0.15, -0.1) is 0 Å². The van der Waals surface area contributed by atoms with E-state index in [1.807, 2.05) is 25.1 Å². The van der Waals surface area contributed by atoms with E-state index in [1.54, 1.807) is 0 Å².